The predicted octanol–water partition coefficient (Wildman–Crippen LogP) is 3.04. The summed E-state index contributed by atoms with van der Waals surface area (Å²) in [5.41, 5.74) is 2.50. The topological polar surface area (TPSA) is 29.1 Å². The van der Waals surface area contributed by atoms with Crippen molar-refractivity contribution in [2.75, 3.05) is 0 Å². The zero-order valence-electron chi connectivity index (χ0n) is 9.79. The molecule has 1 aromatic rings. The van der Waals surface area contributed by atoms with Crippen LogP contribution in [0.3, 0.4) is 0 Å². The number of carbonyl (C=O) groups excluding carboxylic acids is 1. The van der Waals surface area contributed by atoms with Gasteiger partial charge in [0, 0.05) is 6.54 Å². The molecule has 1 aromatic carbocycles. The van der Waals surface area contributed by atoms with Crippen molar-refractivity contribution in [1.29, 1.82) is 0 Å². The van der Waals surface area contributed by atoms with Crippen LogP contribution in [-0.4, -0.2) is 10.7 Å². The molecule has 0 saturated heterocycles. The Labute approximate surface area is 106 Å². The summed E-state index contributed by atoms with van der Waals surface area (Å²) in [6.07, 6.45) is 1.80. The fraction of sp³-hybridized carbons (Fsp3) is 0.462. The van der Waals surface area contributed by atoms with Crippen molar-refractivity contribution in [1.82, 2.24) is 5.32 Å². The molecule has 16 heavy (non-hydrogen) atoms. The van der Waals surface area contributed by atoms with E-state index >= 15 is 0 Å². The van der Waals surface area contributed by atoms with Crippen LogP contribution in [0.5, 0.6) is 0 Å². The van der Waals surface area contributed by atoms with Crippen molar-refractivity contribution in [2.45, 2.75) is 38.1 Å². The molecule has 1 amide bonds. The van der Waals surface area contributed by atoms with Gasteiger partial charge in [-0.1, -0.05) is 54.0 Å². The van der Waals surface area contributed by atoms with E-state index in [0.29, 0.717) is 6.54 Å². The Balaban J connectivity index is 2.57. The third kappa shape index (κ3) is 3.63. The molecule has 0 spiro atoms. The normalized spacial score (nSPS) is 12.2. The van der Waals surface area contributed by atoms with Gasteiger partial charge in [0.1, 0.15) is 0 Å². The summed E-state index contributed by atoms with van der Waals surface area (Å²) in [4.78, 5) is 11.5. The Hall–Kier alpha value is -0.830. The number of nitrogens with one attached hydrogen (secondary N) is 1. The number of rotatable bonds is 5. The van der Waals surface area contributed by atoms with Crippen molar-refractivity contribution in [3.63, 3.8) is 0 Å². The van der Waals surface area contributed by atoms with Crippen LogP contribution >= 0.6 is 15.9 Å². The molecule has 2 nitrogen and oxygen atoms in total. The Morgan fingerprint density at radius 3 is 2.50 bits per heavy atom. The average Bonchev–Trinajstić information content (AvgIpc) is 2.35. The zero-order chi connectivity index (χ0) is 12.0. The van der Waals surface area contributed by atoms with Gasteiger partial charge in [0.15, 0.2) is 0 Å². The second-order valence-electron chi connectivity index (χ2n) is 3.72. The van der Waals surface area contributed by atoms with Gasteiger partial charge in [0.2, 0.25) is 5.91 Å². The molecule has 1 N–H and O–H groups in total. The molecule has 0 bridgehead atoms. The van der Waals surface area contributed by atoms with E-state index in [4.69, 9.17) is 0 Å². The fourth-order valence-electron chi connectivity index (χ4n) is 1.55. The molecule has 0 fully saturated rings. The molecule has 0 radical (unpaired) electrons. The minimum absolute atomic E-state index is 0.0633. The van der Waals surface area contributed by atoms with Crippen LogP contribution < -0.4 is 5.32 Å². The highest BCUT2D eigenvalue weighted by atomic mass is 79.9. The van der Waals surface area contributed by atoms with Crippen LogP contribution in [0.1, 0.15) is 31.4 Å². The lowest BCUT2D eigenvalue weighted by Crippen LogP contribution is -2.30. The lowest BCUT2D eigenvalue weighted by atomic mass is 10.1. The molecule has 88 valence electrons. The second kappa shape index (κ2) is 6.69. The molecule has 0 aliphatic rings. The first-order valence-corrected chi connectivity index (χ1v) is 6.59. The van der Waals surface area contributed by atoms with Gasteiger partial charge < -0.3 is 5.32 Å². The molecule has 1 atom stereocenters. The Kier molecular flexibility index (Phi) is 5.53. The minimum atomic E-state index is -0.0821. The van der Waals surface area contributed by atoms with Crippen LogP contribution in [0.25, 0.3) is 0 Å². The van der Waals surface area contributed by atoms with Gasteiger partial charge in [-0.25, -0.2) is 0 Å². The van der Waals surface area contributed by atoms with Gasteiger partial charge in [0.25, 0.3) is 0 Å². The van der Waals surface area contributed by atoms with E-state index in [0.717, 1.165) is 12.8 Å². The van der Waals surface area contributed by atoms with Crippen molar-refractivity contribution >= 4 is 21.8 Å². The minimum Gasteiger partial charge on any atom is -0.351 e. The third-order valence-corrected chi connectivity index (χ3v) is 3.66. The molecule has 1 unspecified atom stereocenters. The standard InChI is InChI=1S/C13H18BrNO/c1-3-10-7-5-6-8-11(10)9-15-13(16)12(14)4-2/h5-8,12H,3-4,9H2,1-2H3,(H,15,16). The summed E-state index contributed by atoms with van der Waals surface area (Å²) in [5, 5.41) is 2.94. The fourth-order valence-corrected chi connectivity index (χ4v) is 1.72. The van der Waals surface area contributed by atoms with E-state index in [1.54, 1.807) is 0 Å². The van der Waals surface area contributed by atoms with E-state index < -0.39 is 0 Å². The molecule has 3 heteroatoms. The lowest BCUT2D eigenvalue weighted by molar-refractivity contribution is -0.120. The number of carbonyl (C=O) groups is 1. The first kappa shape index (κ1) is 13.2. The van der Waals surface area contributed by atoms with E-state index in [9.17, 15) is 4.79 Å². The monoisotopic (exact) mass is 283 g/mol. The zero-order valence-corrected chi connectivity index (χ0v) is 11.4. The van der Waals surface area contributed by atoms with Crippen LogP contribution in [-0.2, 0) is 17.8 Å². The van der Waals surface area contributed by atoms with Crippen LogP contribution in [0.4, 0.5) is 0 Å². The number of aryl methyl sites for hydroxylation is 1. The van der Waals surface area contributed by atoms with Gasteiger partial charge in [-0.15, -0.1) is 0 Å². The number of benzene rings is 1. The molecular formula is C13H18BrNO. The van der Waals surface area contributed by atoms with E-state index in [1.165, 1.54) is 11.1 Å². The predicted molar refractivity (Wildman–Crippen MR) is 70.7 cm³/mol. The maximum absolute atomic E-state index is 11.6. The molecule has 0 heterocycles. The molecule has 0 saturated carbocycles. The number of alkyl halides is 1. The molecule has 0 aromatic heterocycles. The smallest absolute Gasteiger partial charge is 0.234 e. The van der Waals surface area contributed by atoms with Crippen molar-refractivity contribution < 1.29 is 4.79 Å². The highest BCUT2D eigenvalue weighted by Crippen LogP contribution is 2.10. The number of amides is 1. The Morgan fingerprint density at radius 2 is 1.94 bits per heavy atom. The van der Waals surface area contributed by atoms with Crippen molar-refractivity contribution in [2.24, 2.45) is 0 Å². The van der Waals surface area contributed by atoms with Gasteiger partial charge >= 0.3 is 0 Å². The Morgan fingerprint density at radius 1 is 1.31 bits per heavy atom. The maximum Gasteiger partial charge on any atom is 0.234 e. The average molecular weight is 284 g/mol. The first-order valence-electron chi connectivity index (χ1n) is 5.67. The summed E-state index contributed by atoms with van der Waals surface area (Å²) < 4.78 is 0. The first-order chi connectivity index (χ1) is 7.69. The van der Waals surface area contributed by atoms with Crippen molar-refractivity contribution in [3.8, 4) is 0 Å². The molecule has 0 aliphatic heterocycles. The summed E-state index contributed by atoms with van der Waals surface area (Å²) in [7, 11) is 0. The van der Waals surface area contributed by atoms with E-state index in [-0.39, 0.29) is 10.7 Å². The van der Waals surface area contributed by atoms with Crippen LogP contribution in [0, 0.1) is 0 Å². The van der Waals surface area contributed by atoms with Crippen molar-refractivity contribution in [3.05, 3.63) is 35.4 Å². The lowest BCUT2D eigenvalue weighted by Gasteiger charge is -2.11. The largest absolute Gasteiger partial charge is 0.351 e. The second-order valence-corrected chi connectivity index (χ2v) is 4.82. The summed E-state index contributed by atoms with van der Waals surface area (Å²) in [6, 6.07) is 8.21. The van der Waals surface area contributed by atoms with Gasteiger partial charge in [0.05, 0.1) is 4.83 Å². The number of hydrogen-bond donors (Lipinski definition) is 1. The highest BCUT2D eigenvalue weighted by molar-refractivity contribution is 9.10. The quantitative estimate of drug-likeness (QED) is 0.827. The third-order valence-electron chi connectivity index (χ3n) is 2.60. The van der Waals surface area contributed by atoms with Crippen LogP contribution in [0.2, 0.25) is 0 Å². The van der Waals surface area contributed by atoms with E-state index in [2.05, 4.69) is 40.3 Å². The van der Waals surface area contributed by atoms with Gasteiger partial charge in [-0.3, -0.25) is 4.79 Å². The molecule has 1 rings (SSSR count). The van der Waals surface area contributed by atoms with Gasteiger partial charge in [-0.05, 0) is 24.0 Å². The Bertz CT molecular complexity index is 352. The maximum atomic E-state index is 11.6. The van der Waals surface area contributed by atoms with E-state index in [1.807, 2.05) is 19.1 Å². The van der Waals surface area contributed by atoms with Gasteiger partial charge in [-0.2, -0.15) is 0 Å². The summed E-state index contributed by atoms with van der Waals surface area (Å²) >= 11 is 3.34. The molecular weight excluding hydrogens is 266 g/mol. The summed E-state index contributed by atoms with van der Waals surface area (Å²) in [6.45, 7) is 4.73. The SMILES string of the molecule is CCc1ccccc1CNC(=O)C(Br)CC. The number of halogens is 1. The van der Waals surface area contributed by atoms with Crippen LogP contribution in [0.15, 0.2) is 24.3 Å². The molecule has 0 aliphatic carbocycles. The highest BCUT2D eigenvalue weighted by Gasteiger charge is 2.11. The summed E-state index contributed by atoms with van der Waals surface area (Å²) in [5.74, 6) is 0.0633. The number of hydrogen-bond acceptors (Lipinski definition) is 1.